The van der Waals surface area contributed by atoms with E-state index in [0.29, 0.717) is 18.5 Å². The van der Waals surface area contributed by atoms with Gasteiger partial charge in [-0.3, -0.25) is 29.5 Å². The van der Waals surface area contributed by atoms with Crippen molar-refractivity contribution < 1.29 is 24.4 Å². The summed E-state index contributed by atoms with van der Waals surface area (Å²) < 4.78 is 7.46. The maximum atomic E-state index is 13.6. The van der Waals surface area contributed by atoms with Crippen molar-refractivity contribution in [1.29, 1.82) is 0 Å². The molecule has 0 radical (unpaired) electrons. The molecule has 0 amide bonds. The van der Waals surface area contributed by atoms with Crippen LogP contribution in [0, 0.1) is 44.1 Å². The Bertz CT molecular complexity index is 1440. The number of nitrogens with one attached hydrogen (secondary N) is 1. The van der Waals surface area contributed by atoms with E-state index >= 15 is 0 Å². The van der Waals surface area contributed by atoms with Crippen molar-refractivity contribution in [3.05, 3.63) is 69.1 Å². The highest BCUT2D eigenvalue weighted by Gasteiger charge is 2.68. The third-order valence-corrected chi connectivity index (χ3v) is 10.8. The van der Waals surface area contributed by atoms with E-state index in [9.17, 15) is 29.6 Å². The second kappa shape index (κ2) is 9.54. The molecular weight excluding hydrogens is 514 g/mol. The zero-order valence-electron chi connectivity index (χ0n) is 23.4. The monoisotopic (exact) mass is 551 g/mol. The number of aromatic amines is 1. The van der Waals surface area contributed by atoms with Crippen molar-refractivity contribution in [2.24, 2.45) is 34.0 Å². The molecule has 5 rings (SSSR count). The Balaban J connectivity index is 1.56. The number of H-pyrrole nitrogens is 1. The fraction of sp³-hybridized carbons (Fsp3) is 0.567. The van der Waals surface area contributed by atoms with Crippen LogP contribution in [0.2, 0.25) is 0 Å². The quantitative estimate of drug-likeness (QED) is 0.239. The standard InChI is InChI=1S/C30H37N3O7/c1-6-28(4)15-23(29(5)17(2)10-12-30(18(3)25(28)35)13-11-22(34)24(29)30)40-27(37)21-16-32(31-26(21)36)19-8-7-9-20(14-19)33(38)39/h6-9,14,16-18,23-25,35H,1,10-13,15H2,2-5H3,(H,31,36)/t17-,18+,23-,24?,25+,28-,29+,30?/m1/s1. The van der Waals surface area contributed by atoms with Crippen molar-refractivity contribution in [3.8, 4) is 5.69 Å². The van der Waals surface area contributed by atoms with Crippen LogP contribution in [0.15, 0.2) is 47.9 Å². The van der Waals surface area contributed by atoms with Crippen LogP contribution in [0.25, 0.3) is 5.69 Å². The smallest absolute Gasteiger partial charge is 0.345 e. The van der Waals surface area contributed by atoms with Gasteiger partial charge in [-0.05, 0) is 49.0 Å². The average Bonchev–Trinajstić information content (AvgIpc) is 3.50. The Kier molecular flexibility index (Phi) is 6.68. The molecule has 3 fully saturated rings. The first-order valence-corrected chi connectivity index (χ1v) is 13.9. The molecule has 1 heterocycles. The molecule has 8 atom stereocenters. The van der Waals surface area contributed by atoms with E-state index in [1.165, 1.54) is 29.1 Å². The van der Waals surface area contributed by atoms with E-state index in [2.05, 4.69) is 18.6 Å². The lowest BCUT2D eigenvalue weighted by Gasteiger charge is -2.61. The van der Waals surface area contributed by atoms with Gasteiger partial charge in [0.2, 0.25) is 0 Å². The maximum Gasteiger partial charge on any atom is 0.345 e. The second-order valence-electron chi connectivity index (χ2n) is 12.6. The van der Waals surface area contributed by atoms with E-state index in [1.54, 1.807) is 12.1 Å². The molecule has 214 valence electrons. The van der Waals surface area contributed by atoms with Crippen LogP contribution in [0.5, 0.6) is 0 Å². The topological polar surface area (TPSA) is 145 Å². The van der Waals surface area contributed by atoms with Crippen LogP contribution in [-0.2, 0) is 9.53 Å². The Morgan fingerprint density at radius 3 is 2.67 bits per heavy atom. The predicted molar refractivity (Wildman–Crippen MR) is 147 cm³/mol. The van der Waals surface area contributed by atoms with Gasteiger partial charge in [-0.1, -0.05) is 39.8 Å². The largest absolute Gasteiger partial charge is 0.458 e. The SMILES string of the molecule is C=C[C@]1(C)C[C@@H](OC(=O)c2cn(-c3cccc([N+](=O)[O-])c3)[nH]c2=O)[C@@]2(C)C3C(=O)CCC3(CC[C@H]2C)[C@@H](C)[C@@H]1O. The number of nitro benzene ring substituents is 1. The van der Waals surface area contributed by atoms with E-state index < -0.39 is 44.9 Å². The molecule has 2 N–H and O–H groups in total. The fourth-order valence-corrected chi connectivity index (χ4v) is 8.12. The molecule has 0 aliphatic heterocycles. The lowest BCUT2D eigenvalue weighted by Crippen LogP contribution is -2.63. The number of benzene rings is 1. The van der Waals surface area contributed by atoms with E-state index in [-0.39, 0.29) is 41.2 Å². The molecule has 3 saturated carbocycles. The van der Waals surface area contributed by atoms with Crippen molar-refractivity contribution in [1.82, 2.24) is 9.78 Å². The lowest BCUT2D eigenvalue weighted by atomic mass is 9.44. The molecular formula is C30H37N3O7. The molecule has 2 aromatic rings. The highest BCUT2D eigenvalue weighted by Crippen LogP contribution is 2.68. The van der Waals surface area contributed by atoms with E-state index in [4.69, 9.17) is 4.74 Å². The first-order valence-electron chi connectivity index (χ1n) is 13.9. The minimum absolute atomic E-state index is 0.0507. The number of esters is 1. The summed E-state index contributed by atoms with van der Waals surface area (Å²) in [6.07, 6.45) is 4.45. The van der Waals surface area contributed by atoms with Gasteiger partial charge >= 0.3 is 5.97 Å². The number of aliphatic hydroxyl groups excluding tert-OH is 1. The number of nitro groups is 1. The van der Waals surface area contributed by atoms with Crippen molar-refractivity contribution in [3.63, 3.8) is 0 Å². The van der Waals surface area contributed by atoms with Gasteiger partial charge in [-0.2, -0.15) is 0 Å². The molecule has 3 aliphatic rings. The number of carbonyl (C=O) groups is 2. The third kappa shape index (κ3) is 3.98. The molecule has 2 bridgehead atoms. The van der Waals surface area contributed by atoms with Crippen LogP contribution in [-0.4, -0.2) is 43.8 Å². The summed E-state index contributed by atoms with van der Waals surface area (Å²) in [5.74, 6) is -1.18. The summed E-state index contributed by atoms with van der Waals surface area (Å²) in [7, 11) is 0. The number of Topliss-reactive ketones (excluding diaryl/α,β-unsaturated/α-hetero) is 1. The van der Waals surface area contributed by atoms with Crippen molar-refractivity contribution in [2.45, 2.75) is 72.0 Å². The van der Waals surface area contributed by atoms with Crippen LogP contribution in [0.1, 0.15) is 70.2 Å². The van der Waals surface area contributed by atoms with Gasteiger partial charge in [0, 0.05) is 41.5 Å². The summed E-state index contributed by atoms with van der Waals surface area (Å²) in [4.78, 5) is 50.7. The van der Waals surface area contributed by atoms with Gasteiger partial charge in [0.05, 0.1) is 16.7 Å². The molecule has 0 saturated heterocycles. The van der Waals surface area contributed by atoms with Gasteiger partial charge in [0.1, 0.15) is 17.5 Å². The Morgan fingerprint density at radius 1 is 1.27 bits per heavy atom. The van der Waals surface area contributed by atoms with E-state index in [0.717, 1.165) is 12.8 Å². The number of aliphatic hydroxyl groups is 1. The van der Waals surface area contributed by atoms with Crippen LogP contribution < -0.4 is 5.56 Å². The molecule has 10 nitrogen and oxygen atoms in total. The number of carbonyl (C=O) groups excluding carboxylic acids is 2. The molecule has 0 spiro atoms. The van der Waals surface area contributed by atoms with Crippen LogP contribution in [0.4, 0.5) is 5.69 Å². The predicted octanol–water partition coefficient (Wildman–Crippen LogP) is 4.59. The summed E-state index contributed by atoms with van der Waals surface area (Å²) in [5.41, 5.74) is -2.72. The van der Waals surface area contributed by atoms with Crippen LogP contribution in [0.3, 0.4) is 0 Å². The summed E-state index contributed by atoms with van der Waals surface area (Å²) in [5, 5.41) is 25.4. The van der Waals surface area contributed by atoms with Gasteiger partial charge < -0.3 is 9.84 Å². The first-order chi connectivity index (χ1) is 18.8. The average molecular weight is 552 g/mol. The Labute approximate surface area is 232 Å². The van der Waals surface area contributed by atoms with Gasteiger partial charge in [-0.25, -0.2) is 4.79 Å². The zero-order chi connectivity index (χ0) is 29.2. The molecule has 1 aromatic carbocycles. The Hall–Kier alpha value is -3.53. The number of aromatic nitrogens is 2. The van der Waals surface area contributed by atoms with Gasteiger partial charge in [0.25, 0.3) is 11.2 Å². The zero-order valence-corrected chi connectivity index (χ0v) is 23.4. The normalized spacial score (nSPS) is 37.2. The number of rotatable bonds is 5. The Morgan fingerprint density at radius 2 is 2.00 bits per heavy atom. The molecule has 40 heavy (non-hydrogen) atoms. The number of nitrogens with zero attached hydrogens (tertiary/aromatic N) is 2. The number of ether oxygens (including phenoxy) is 1. The summed E-state index contributed by atoms with van der Waals surface area (Å²) >= 11 is 0. The third-order valence-electron chi connectivity index (χ3n) is 10.8. The first kappa shape index (κ1) is 28.0. The van der Waals surface area contributed by atoms with Crippen molar-refractivity contribution in [2.75, 3.05) is 0 Å². The van der Waals surface area contributed by atoms with Gasteiger partial charge in [0.15, 0.2) is 0 Å². The molecule has 10 heteroatoms. The minimum atomic E-state index is -0.847. The number of non-ortho nitro benzene ring substituents is 1. The summed E-state index contributed by atoms with van der Waals surface area (Å²) in [6.45, 7) is 12.1. The second-order valence-corrected chi connectivity index (χ2v) is 12.6. The minimum Gasteiger partial charge on any atom is -0.458 e. The highest BCUT2D eigenvalue weighted by molar-refractivity contribution is 5.89. The van der Waals surface area contributed by atoms with E-state index in [1.807, 2.05) is 20.8 Å². The molecule has 2 unspecified atom stereocenters. The lowest BCUT2D eigenvalue weighted by molar-refractivity contribution is -0.384. The molecule has 3 aliphatic carbocycles. The van der Waals surface area contributed by atoms with Gasteiger partial charge in [-0.15, -0.1) is 6.58 Å². The number of hydrogen-bond donors (Lipinski definition) is 2. The molecule has 1 aromatic heterocycles. The highest BCUT2D eigenvalue weighted by atomic mass is 16.6. The number of hydrogen-bond acceptors (Lipinski definition) is 7. The van der Waals surface area contributed by atoms with Crippen LogP contribution >= 0.6 is 0 Å². The fourth-order valence-electron chi connectivity index (χ4n) is 8.12. The van der Waals surface area contributed by atoms with Crippen molar-refractivity contribution >= 4 is 17.4 Å². The number of ketones is 1. The maximum absolute atomic E-state index is 13.6. The summed E-state index contributed by atoms with van der Waals surface area (Å²) in [6, 6.07) is 5.67.